The van der Waals surface area contributed by atoms with Gasteiger partial charge in [-0.05, 0) is 55.2 Å². The standard InChI is InChI=1S/C25H48O4Si2/c1-10-31(11-2,12-3)29-23(18-21(4)28-30(8,9)25(5,6)7)24(19-26)27-20-22-16-14-13-15-17-22/h13-17,21,23-24,26H,10-12,18-20H2,1-9H3/t21-,23-,24+/m1/s1. The highest BCUT2D eigenvalue weighted by Crippen LogP contribution is 2.38. The largest absolute Gasteiger partial charge is 0.414 e. The minimum Gasteiger partial charge on any atom is -0.414 e. The van der Waals surface area contributed by atoms with Crippen LogP contribution in [0.2, 0.25) is 36.3 Å². The Hall–Kier alpha value is -0.506. The van der Waals surface area contributed by atoms with Crippen LogP contribution in [-0.4, -0.2) is 46.7 Å². The second-order valence-electron chi connectivity index (χ2n) is 10.3. The van der Waals surface area contributed by atoms with E-state index in [0.29, 0.717) is 6.61 Å². The van der Waals surface area contributed by atoms with E-state index < -0.39 is 16.6 Å². The van der Waals surface area contributed by atoms with Crippen molar-refractivity contribution in [2.45, 2.75) is 116 Å². The zero-order valence-corrected chi connectivity index (χ0v) is 23.5. The molecule has 0 saturated carbocycles. The van der Waals surface area contributed by atoms with Crippen LogP contribution < -0.4 is 0 Å². The van der Waals surface area contributed by atoms with Crippen LogP contribution in [0.5, 0.6) is 0 Å². The molecule has 1 aromatic carbocycles. The molecular weight excluding hydrogens is 420 g/mol. The number of aliphatic hydroxyl groups excluding tert-OH is 1. The summed E-state index contributed by atoms with van der Waals surface area (Å²) in [6, 6.07) is 13.4. The maximum atomic E-state index is 10.2. The Morgan fingerprint density at radius 3 is 1.90 bits per heavy atom. The summed E-state index contributed by atoms with van der Waals surface area (Å²) in [5.74, 6) is 0. The lowest BCUT2D eigenvalue weighted by atomic mass is 10.1. The predicted molar refractivity (Wildman–Crippen MR) is 137 cm³/mol. The zero-order chi connectivity index (χ0) is 23.7. The molecule has 0 aliphatic carbocycles. The van der Waals surface area contributed by atoms with Crippen LogP contribution in [0.25, 0.3) is 0 Å². The summed E-state index contributed by atoms with van der Waals surface area (Å²) in [5.41, 5.74) is 1.11. The lowest BCUT2D eigenvalue weighted by Gasteiger charge is -2.41. The van der Waals surface area contributed by atoms with Crippen LogP contribution >= 0.6 is 0 Å². The number of hydrogen-bond donors (Lipinski definition) is 1. The Kier molecular flexibility index (Phi) is 11.6. The van der Waals surface area contributed by atoms with Gasteiger partial charge in [-0.3, -0.25) is 0 Å². The quantitative estimate of drug-likeness (QED) is 0.307. The van der Waals surface area contributed by atoms with Gasteiger partial charge in [0, 0.05) is 6.10 Å². The van der Waals surface area contributed by atoms with Gasteiger partial charge in [-0.1, -0.05) is 71.9 Å². The number of hydrogen-bond acceptors (Lipinski definition) is 4. The van der Waals surface area contributed by atoms with E-state index in [1.807, 2.05) is 18.2 Å². The summed E-state index contributed by atoms with van der Waals surface area (Å²) in [4.78, 5) is 0. The van der Waals surface area contributed by atoms with Crippen LogP contribution in [0, 0.1) is 0 Å². The molecule has 0 bridgehead atoms. The van der Waals surface area contributed by atoms with E-state index in [0.717, 1.165) is 30.1 Å². The fourth-order valence-corrected chi connectivity index (χ4v) is 8.05. The van der Waals surface area contributed by atoms with Crippen molar-refractivity contribution in [2.75, 3.05) is 6.61 Å². The fourth-order valence-electron chi connectivity index (χ4n) is 3.71. The lowest BCUT2D eigenvalue weighted by Crippen LogP contribution is -2.49. The molecule has 0 aromatic heterocycles. The average Bonchev–Trinajstić information content (AvgIpc) is 2.71. The molecular formula is C25H48O4Si2. The third-order valence-electron chi connectivity index (χ3n) is 7.10. The molecule has 1 rings (SSSR count). The molecule has 4 nitrogen and oxygen atoms in total. The number of benzene rings is 1. The average molecular weight is 469 g/mol. The summed E-state index contributed by atoms with van der Waals surface area (Å²) < 4.78 is 19.8. The van der Waals surface area contributed by atoms with Gasteiger partial charge in [-0.15, -0.1) is 0 Å². The SMILES string of the molecule is CC[Si](CC)(CC)O[C@H](C[C@@H](C)O[Si](C)(C)C(C)(C)C)[C@H](CO)OCc1ccccc1. The van der Waals surface area contributed by atoms with Crippen molar-refractivity contribution >= 4 is 16.6 Å². The van der Waals surface area contributed by atoms with Gasteiger partial charge in [0.1, 0.15) is 6.10 Å². The van der Waals surface area contributed by atoms with E-state index in [9.17, 15) is 5.11 Å². The van der Waals surface area contributed by atoms with Crippen LogP contribution in [0.15, 0.2) is 30.3 Å². The number of rotatable bonds is 14. The first-order valence-electron chi connectivity index (χ1n) is 12.1. The van der Waals surface area contributed by atoms with E-state index in [1.54, 1.807) is 0 Å². The van der Waals surface area contributed by atoms with E-state index in [1.165, 1.54) is 0 Å². The van der Waals surface area contributed by atoms with Crippen LogP contribution in [0.4, 0.5) is 0 Å². The highest BCUT2D eigenvalue weighted by molar-refractivity contribution is 6.74. The smallest absolute Gasteiger partial charge is 0.192 e. The minimum absolute atomic E-state index is 0.0497. The molecule has 6 heteroatoms. The highest BCUT2D eigenvalue weighted by atomic mass is 28.4. The maximum Gasteiger partial charge on any atom is 0.192 e. The topological polar surface area (TPSA) is 47.9 Å². The van der Waals surface area contributed by atoms with Gasteiger partial charge in [0.15, 0.2) is 16.6 Å². The Balaban J connectivity index is 3.02. The molecule has 180 valence electrons. The Labute approximate surface area is 194 Å². The van der Waals surface area contributed by atoms with Crippen molar-refractivity contribution in [1.82, 2.24) is 0 Å². The van der Waals surface area contributed by atoms with Crippen molar-refractivity contribution in [2.24, 2.45) is 0 Å². The molecule has 0 radical (unpaired) electrons. The van der Waals surface area contributed by atoms with Crippen LogP contribution in [0.1, 0.15) is 60.5 Å². The van der Waals surface area contributed by atoms with Crippen molar-refractivity contribution in [3.8, 4) is 0 Å². The molecule has 1 N–H and O–H groups in total. The Morgan fingerprint density at radius 2 is 1.45 bits per heavy atom. The van der Waals surface area contributed by atoms with Crippen molar-refractivity contribution in [1.29, 1.82) is 0 Å². The van der Waals surface area contributed by atoms with E-state index in [4.69, 9.17) is 13.6 Å². The van der Waals surface area contributed by atoms with Gasteiger partial charge in [-0.25, -0.2) is 0 Å². The van der Waals surface area contributed by atoms with Crippen molar-refractivity contribution < 1.29 is 18.7 Å². The number of aliphatic hydroxyl groups is 1. The van der Waals surface area contributed by atoms with Crippen molar-refractivity contribution in [3.05, 3.63) is 35.9 Å². The zero-order valence-electron chi connectivity index (χ0n) is 21.5. The van der Waals surface area contributed by atoms with Gasteiger partial charge >= 0.3 is 0 Å². The Morgan fingerprint density at radius 1 is 0.903 bits per heavy atom. The molecule has 0 aliphatic rings. The summed E-state index contributed by atoms with van der Waals surface area (Å²) in [6.45, 7) is 20.7. The monoisotopic (exact) mass is 468 g/mol. The Bertz CT molecular complexity index is 603. The van der Waals surface area contributed by atoms with Crippen LogP contribution in [0.3, 0.4) is 0 Å². The normalized spacial score (nSPS) is 16.2. The lowest BCUT2D eigenvalue weighted by molar-refractivity contribution is -0.0755. The first kappa shape index (κ1) is 28.5. The first-order valence-corrected chi connectivity index (χ1v) is 17.5. The molecule has 0 saturated heterocycles. The molecule has 0 unspecified atom stereocenters. The molecule has 1 aromatic rings. The molecule has 0 spiro atoms. The molecule has 3 atom stereocenters. The summed E-state index contributed by atoms with van der Waals surface area (Å²) in [5, 5.41) is 10.4. The molecule has 0 aliphatic heterocycles. The van der Waals surface area contributed by atoms with Gasteiger partial charge in [0.2, 0.25) is 0 Å². The third-order valence-corrected chi connectivity index (χ3v) is 16.4. The van der Waals surface area contributed by atoms with Gasteiger partial charge in [0.25, 0.3) is 0 Å². The minimum atomic E-state index is -1.88. The summed E-state index contributed by atoms with van der Waals surface area (Å²) >= 11 is 0. The summed E-state index contributed by atoms with van der Waals surface area (Å²) in [6.07, 6.45) is 0.265. The van der Waals surface area contributed by atoms with Crippen LogP contribution in [-0.2, 0) is 20.2 Å². The second kappa shape index (κ2) is 12.7. The third kappa shape index (κ3) is 8.74. The highest BCUT2D eigenvalue weighted by Gasteiger charge is 2.40. The molecule has 0 fully saturated rings. The number of ether oxygens (including phenoxy) is 1. The molecule has 31 heavy (non-hydrogen) atoms. The fraction of sp³-hybridized carbons (Fsp3) is 0.760. The maximum absolute atomic E-state index is 10.2. The van der Waals surface area contributed by atoms with Gasteiger partial charge in [0.05, 0.1) is 19.3 Å². The second-order valence-corrected chi connectivity index (χ2v) is 19.8. The van der Waals surface area contributed by atoms with Gasteiger partial charge < -0.3 is 18.7 Å². The van der Waals surface area contributed by atoms with E-state index in [-0.39, 0.29) is 30.0 Å². The van der Waals surface area contributed by atoms with Gasteiger partial charge in [-0.2, -0.15) is 0 Å². The van der Waals surface area contributed by atoms with E-state index in [2.05, 4.69) is 73.7 Å². The summed E-state index contributed by atoms with van der Waals surface area (Å²) in [7, 11) is -3.75. The molecule has 0 amide bonds. The van der Waals surface area contributed by atoms with E-state index >= 15 is 0 Å². The predicted octanol–water partition coefficient (Wildman–Crippen LogP) is 6.75. The molecule has 0 heterocycles. The first-order chi connectivity index (χ1) is 14.4. The van der Waals surface area contributed by atoms with Crippen molar-refractivity contribution in [3.63, 3.8) is 0 Å².